The van der Waals surface area contributed by atoms with E-state index in [1.807, 2.05) is 32.0 Å². The first kappa shape index (κ1) is 21.7. The molecule has 0 saturated heterocycles. The third-order valence-corrected chi connectivity index (χ3v) is 4.34. The van der Waals surface area contributed by atoms with E-state index in [4.69, 9.17) is 9.15 Å². The van der Waals surface area contributed by atoms with Gasteiger partial charge in [-0.2, -0.15) is 0 Å². The van der Waals surface area contributed by atoms with Crippen molar-refractivity contribution in [2.24, 2.45) is 0 Å². The fourth-order valence-corrected chi connectivity index (χ4v) is 2.75. The van der Waals surface area contributed by atoms with Gasteiger partial charge < -0.3 is 19.8 Å². The van der Waals surface area contributed by atoms with Gasteiger partial charge in [-0.1, -0.05) is 23.9 Å². The van der Waals surface area contributed by atoms with E-state index in [1.165, 1.54) is 0 Å². The number of anilines is 1. The highest BCUT2D eigenvalue weighted by Gasteiger charge is 2.21. The van der Waals surface area contributed by atoms with E-state index in [9.17, 15) is 9.59 Å². The Morgan fingerprint density at radius 3 is 2.64 bits per heavy atom. The lowest BCUT2D eigenvalue weighted by atomic mass is 10.1. The molecule has 0 spiro atoms. The van der Waals surface area contributed by atoms with Crippen molar-refractivity contribution >= 4 is 29.4 Å². The molecule has 2 aromatic rings. The zero-order valence-corrected chi connectivity index (χ0v) is 17.8. The first-order valence-electron chi connectivity index (χ1n) is 8.86. The van der Waals surface area contributed by atoms with Crippen molar-refractivity contribution < 1.29 is 18.7 Å². The Labute approximate surface area is 168 Å². The van der Waals surface area contributed by atoms with Gasteiger partial charge in [-0.25, -0.2) is 4.79 Å². The molecule has 1 aromatic heterocycles. The van der Waals surface area contributed by atoms with Gasteiger partial charge in [-0.05, 0) is 58.7 Å². The van der Waals surface area contributed by atoms with Gasteiger partial charge in [0.2, 0.25) is 11.8 Å². The predicted molar refractivity (Wildman–Crippen MR) is 107 cm³/mol. The van der Waals surface area contributed by atoms with Crippen LogP contribution in [0.5, 0.6) is 0 Å². The highest BCUT2D eigenvalue weighted by Crippen LogP contribution is 2.21. The number of benzene rings is 1. The van der Waals surface area contributed by atoms with Gasteiger partial charge in [0, 0.05) is 5.69 Å². The van der Waals surface area contributed by atoms with Crippen molar-refractivity contribution in [2.75, 3.05) is 11.1 Å². The summed E-state index contributed by atoms with van der Waals surface area (Å²) < 4.78 is 10.7. The lowest BCUT2D eigenvalue weighted by Crippen LogP contribution is -2.34. The standard InChI is InChI=1S/C19H26N4O4S/c1-11-7-8-12(2)14(9-11)21-15(24)10-28-18-23-22-16(26-18)13(3)20-17(25)27-19(4,5)6/h7-9,13H,10H2,1-6H3,(H,20,25)(H,21,24). The van der Waals surface area contributed by atoms with Gasteiger partial charge in [0.1, 0.15) is 11.6 Å². The lowest BCUT2D eigenvalue weighted by Gasteiger charge is -2.20. The van der Waals surface area contributed by atoms with Gasteiger partial charge in [-0.15, -0.1) is 10.2 Å². The molecule has 1 unspecified atom stereocenters. The Bertz CT molecular complexity index is 845. The summed E-state index contributed by atoms with van der Waals surface area (Å²) in [6.45, 7) is 11.0. The summed E-state index contributed by atoms with van der Waals surface area (Å²) in [5, 5.41) is 13.6. The number of hydrogen-bond acceptors (Lipinski definition) is 7. The molecule has 0 saturated carbocycles. The molecule has 0 radical (unpaired) electrons. The molecule has 0 fully saturated rings. The monoisotopic (exact) mass is 406 g/mol. The van der Waals surface area contributed by atoms with Gasteiger partial charge in [-0.3, -0.25) is 4.79 Å². The molecule has 28 heavy (non-hydrogen) atoms. The number of thioether (sulfide) groups is 1. The summed E-state index contributed by atoms with van der Waals surface area (Å²) in [7, 11) is 0. The van der Waals surface area contributed by atoms with Crippen LogP contribution in [-0.2, 0) is 9.53 Å². The van der Waals surface area contributed by atoms with Crippen LogP contribution in [0.3, 0.4) is 0 Å². The van der Waals surface area contributed by atoms with Crippen molar-refractivity contribution in [1.29, 1.82) is 0 Å². The van der Waals surface area contributed by atoms with Crippen LogP contribution in [0.1, 0.15) is 50.8 Å². The maximum Gasteiger partial charge on any atom is 0.408 e. The van der Waals surface area contributed by atoms with Gasteiger partial charge >= 0.3 is 6.09 Å². The Morgan fingerprint density at radius 2 is 1.96 bits per heavy atom. The van der Waals surface area contributed by atoms with E-state index in [0.717, 1.165) is 28.6 Å². The van der Waals surface area contributed by atoms with Crippen molar-refractivity contribution in [3.8, 4) is 0 Å². The third-order valence-electron chi connectivity index (χ3n) is 3.52. The molecule has 2 N–H and O–H groups in total. The van der Waals surface area contributed by atoms with Crippen LogP contribution in [0.2, 0.25) is 0 Å². The minimum atomic E-state index is -0.595. The summed E-state index contributed by atoms with van der Waals surface area (Å²) in [6, 6.07) is 5.36. The maximum absolute atomic E-state index is 12.2. The average Bonchev–Trinajstić information content (AvgIpc) is 3.03. The average molecular weight is 407 g/mol. The van der Waals surface area contributed by atoms with Crippen LogP contribution in [0.4, 0.5) is 10.5 Å². The first-order valence-corrected chi connectivity index (χ1v) is 9.85. The second-order valence-electron chi connectivity index (χ2n) is 7.43. The molecular formula is C19H26N4O4S. The smallest absolute Gasteiger partial charge is 0.408 e. The Balaban J connectivity index is 1.86. The Morgan fingerprint density at radius 1 is 1.25 bits per heavy atom. The Hall–Kier alpha value is -2.55. The molecule has 8 nitrogen and oxygen atoms in total. The molecule has 152 valence electrons. The molecule has 1 aromatic carbocycles. The van der Waals surface area contributed by atoms with E-state index < -0.39 is 17.7 Å². The van der Waals surface area contributed by atoms with Crippen LogP contribution in [-0.4, -0.2) is 33.6 Å². The molecule has 0 aliphatic heterocycles. The lowest BCUT2D eigenvalue weighted by molar-refractivity contribution is -0.113. The highest BCUT2D eigenvalue weighted by atomic mass is 32.2. The van der Waals surface area contributed by atoms with Crippen LogP contribution in [0.15, 0.2) is 27.8 Å². The van der Waals surface area contributed by atoms with Crippen LogP contribution in [0.25, 0.3) is 0 Å². The number of carbonyl (C=O) groups excluding carboxylic acids is 2. The molecule has 1 atom stereocenters. The van der Waals surface area contributed by atoms with Crippen molar-refractivity contribution in [2.45, 2.75) is 58.4 Å². The molecule has 1 heterocycles. The van der Waals surface area contributed by atoms with Gasteiger partial charge in [0.15, 0.2) is 0 Å². The topological polar surface area (TPSA) is 106 Å². The number of hydrogen-bond donors (Lipinski definition) is 2. The SMILES string of the molecule is Cc1ccc(C)c(NC(=O)CSc2nnc(C(C)NC(=O)OC(C)(C)C)o2)c1. The number of ether oxygens (including phenoxy) is 1. The zero-order valence-electron chi connectivity index (χ0n) is 17.0. The minimum Gasteiger partial charge on any atom is -0.444 e. The molecule has 2 rings (SSSR count). The number of alkyl carbamates (subject to hydrolysis) is 1. The van der Waals surface area contributed by atoms with Crippen LogP contribution >= 0.6 is 11.8 Å². The number of aryl methyl sites for hydroxylation is 2. The van der Waals surface area contributed by atoms with Crippen molar-refractivity contribution in [1.82, 2.24) is 15.5 Å². The second kappa shape index (κ2) is 9.09. The van der Waals surface area contributed by atoms with Gasteiger partial charge in [0.25, 0.3) is 5.22 Å². The fraction of sp³-hybridized carbons (Fsp3) is 0.474. The molecule has 2 amide bonds. The molecular weight excluding hydrogens is 380 g/mol. The van der Waals surface area contributed by atoms with Gasteiger partial charge in [0.05, 0.1) is 5.75 Å². The quantitative estimate of drug-likeness (QED) is 0.698. The van der Waals surface area contributed by atoms with Crippen LogP contribution < -0.4 is 10.6 Å². The molecule has 0 aliphatic rings. The Kier molecular flexibility index (Phi) is 7.06. The van der Waals surface area contributed by atoms with Crippen molar-refractivity contribution in [3.05, 3.63) is 35.2 Å². The number of nitrogens with zero attached hydrogens (tertiary/aromatic N) is 2. The summed E-state index contributed by atoms with van der Waals surface area (Å²) in [4.78, 5) is 24.0. The molecule has 9 heteroatoms. The van der Waals surface area contributed by atoms with E-state index in [0.29, 0.717) is 0 Å². The summed E-state index contributed by atoms with van der Waals surface area (Å²) in [6.07, 6.45) is -0.569. The number of aromatic nitrogens is 2. The largest absolute Gasteiger partial charge is 0.444 e. The minimum absolute atomic E-state index is 0.128. The van der Waals surface area contributed by atoms with Crippen LogP contribution in [0, 0.1) is 13.8 Å². The van der Waals surface area contributed by atoms with E-state index in [1.54, 1.807) is 27.7 Å². The summed E-state index contributed by atoms with van der Waals surface area (Å²) >= 11 is 1.13. The normalized spacial score (nSPS) is 12.4. The number of amides is 2. The number of nitrogens with one attached hydrogen (secondary N) is 2. The molecule has 0 bridgehead atoms. The zero-order chi connectivity index (χ0) is 20.9. The van der Waals surface area contributed by atoms with E-state index >= 15 is 0 Å². The summed E-state index contributed by atoms with van der Waals surface area (Å²) in [5.41, 5.74) is 2.25. The second-order valence-corrected chi connectivity index (χ2v) is 8.36. The number of rotatable bonds is 6. The number of carbonyl (C=O) groups is 2. The maximum atomic E-state index is 12.2. The first-order chi connectivity index (χ1) is 13.0. The third kappa shape index (κ3) is 6.88. The van der Waals surface area contributed by atoms with E-state index in [-0.39, 0.29) is 22.8 Å². The predicted octanol–water partition coefficient (Wildman–Crippen LogP) is 4.00. The molecule has 0 aliphatic carbocycles. The van der Waals surface area contributed by atoms with Crippen molar-refractivity contribution in [3.63, 3.8) is 0 Å². The highest BCUT2D eigenvalue weighted by molar-refractivity contribution is 7.99. The van der Waals surface area contributed by atoms with E-state index in [2.05, 4.69) is 20.8 Å². The summed E-state index contributed by atoms with van der Waals surface area (Å²) in [5.74, 6) is 0.199. The fourth-order valence-electron chi connectivity index (χ4n) is 2.18.